The Balaban J connectivity index is 2.54. The Bertz CT molecular complexity index is 427. The monoisotopic (exact) mass is 290 g/mol. The van der Waals surface area contributed by atoms with Crippen molar-refractivity contribution in [1.82, 2.24) is 10.6 Å². The van der Waals surface area contributed by atoms with Gasteiger partial charge in [0.15, 0.2) is 0 Å². The summed E-state index contributed by atoms with van der Waals surface area (Å²) in [7, 11) is 0. The van der Waals surface area contributed by atoms with Crippen LogP contribution in [0.5, 0.6) is 0 Å². The molecule has 0 aliphatic rings. The lowest BCUT2D eigenvalue weighted by Gasteiger charge is -2.16. The SMILES string of the molecule is CCCNCCNC(=O)C(F)(F)c1cccc(Cl)c1. The van der Waals surface area contributed by atoms with Crippen LogP contribution in [0.4, 0.5) is 8.78 Å². The van der Waals surface area contributed by atoms with Gasteiger partial charge in [0, 0.05) is 23.7 Å². The summed E-state index contributed by atoms with van der Waals surface area (Å²) in [5, 5.41) is 5.39. The zero-order valence-corrected chi connectivity index (χ0v) is 11.4. The molecular formula is C13H17ClF2N2O. The molecule has 0 aliphatic carbocycles. The van der Waals surface area contributed by atoms with Crippen LogP contribution in [0.15, 0.2) is 24.3 Å². The van der Waals surface area contributed by atoms with Crippen molar-refractivity contribution < 1.29 is 13.6 Å². The van der Waals surface area contributed by atoms with Crippen LogP contribution in [0.25, 0.3) is 0 Å². The number of benzene rings is 1. The molecule has 0 saturated carbocycles. The van der Waals surface area contributed by atoms with Crippen LogP contribution in [0.3, 0.4) is 0 Å². The maximum Gasteiger partial charge on any atom is 0.349 e. The predicted octanol–water partition coefficient (Wildman–Crippen LogP) is 2.55. The molecule has 1 aromatic rings. The Morgan fingerprint density at radius 2 is 2.05 bits per heavy atom. The number of hydrogen-bond acceptors (Lipinski definition) is 2. The fraction of sp³-hybridized carbons (Fsp3) is 0.462. The molecule has 1 amide bonds. The van der Waals surface area contributed by atoms with Gasteiger partial charge in [-0.2, -0.15) is 8.78 Å². The van der Waals surface area contributed by atoms with Crippen molar-refractivity contribution in [3.63, 3.8) is 0 Å². The molecule has 0 unspecified atom stereocenters. The van der Waals surface area contributed by atoms with Crippen LogP contribution >= 0.6 is 11.6 Å². The van der Waals surface area contributed by atoms with Gasteiger partial charge in [0.2, 0.25) is 0 Å². The van der Waals surface area contributed by atoms with E-state index in [1.807, 2.05) is 6.92 Å². The zero-order chi connectivity index (χ0) is 14.3. The van der Waals surface area contributed by atoms with Crippen molar-refractivity contribution in [1.29, 1.82) is 0 Å². The van der Waals surface area contributed by atoms with Crippen LogP contribution in [0.1, 0.15) is 18.9 Å². The molecule has 3 nitrogen and oxygen atoms in total. The van der Waals surface area contributed by atoms with Gasteiger partial charge >= 0.3 is 5.92 Å². The van der Waals surface area contributed by atoms with E-state index in [1.54, 1.807) is 0 Å². The molecule has 1 aromatic carbocycles. The molecule has 0 heterocycles. The number of hydrogen-bond donors (Lipinski definition) is 2. The van der Waals surface area contributed by atoms with Gasteiger partial charge in [-0.1, -0.05) is 30.7 Å². The molecule has 0 bridgehead atoms. The van der Waals surface area contributed by atoms with Gasteiger partial charge in [0.1, 0.15) is 0 Å². The highest BCUT2D eigenvalue weighted by Gasteiger charge is 2.40. The van der Waals surface area contributed by atoms with E-state index in [-0.39, 0.29) is 11.6 Å². The number of rotatable bonds is 7. The first-order valence-corrected chi connectivity index (χ1v) is 6.49. The summed E-state index contributed by atoms with van der Waals surface area (Å²) >= 11 is 5.64. The van der Waals surface area contributed by atoms with Gasteiger partial charge < -0.3 is 10.6 Å². The Morgan fingerprint density at radius 1 is 1.32 bits per heavy atom. The lowest BCUT2D eigenvalue weighted by atomic mass is 10.1. The minimum Gasteiger partial charge on any atom is -0.349 e. The Kier molecular flexibility index (Phi) is 6.18. The number of amides is 1. The zero-order valence-electron chi connectivity index (χ0n) is 10.7. The maximum absolute atomic E-state index is 13.8. The highest BCUT2D eigenvalue weighted by Crippen LogP contribution is 2.29. The second-order valence-corrected chi connectivity index (χ2v) is 4.53. The molecule has 106 valence electrons. The Labute approximate surface area is 116 Å². The third kappa shape index (κ3) is 4.76. The Morgan fingerprint density at radius 3 is 2.68 bits per heavy atom. The summed E-state index contributed by atoms with van der Waals surface area (Å²) in [4.78, 5) is 11.5. The van der Waals surface area contributed by atoms with E-state index in [4.69, 9.17) is 11.6 Å². The van der Waals surface area contributed by atoms with Crippen LogP contribution in [-0.4, -0.2) is 25.5 Å². The fourth-order valence-electron chi connectivity index (χ4n) is 1.49. The van der Waals surface area contributed by atoms with Crippen LogP contribution in [0.2, 0.25) is 5.02 Å². The largest absolute Gasteiger partial charge is 0.349 e. The van der Waals surface area contributed by atoms with Crippen molar-refractivity contribution >= 4 is 17.5 Å². The van der Waals surface area contributed by atoms with Gasteiger partial charge in [-0.25, -0.2) is 0 Å². The van der Waals surface area contributed by atoms with Crippen molar-refractivity contribution in [3.8, 4) is 0 Å². The molecule has 0 atom stereocenters. The summed E-state index contributed by atoms with van der Waals surface area (Å²) < 4.78 is 27.6. The molecular weight excluding hydrogens is 274 g/mol. The van der Waals surface area contributed by atoms with E-state index in [9.17, 15) is 13.6 Å². The molecule has 19 heavy (non-hydrogen) atoms. The number of halogens is 3. The van der Waals surface area contributed by atoms with Crippen LogP contribution < -0.4 is 10.6 Å². The first-order valence-electron chi connectivity index (χ1n) is 6.11. The smallest absolute Gasteiger partial charge is 0.349 e. The molecule has 0 aliphatic heterocycles. The minimum atomic E-state index is -3.57. The lowest BCUT2D eigenvalue weighted by molar-refractivity contribution is -0.146. The average molecular weight is 291 g/mol. The molecule has 1 rings (SSSR count). The summed E-state index contributed by atoms with van der Waals surface area (Å²) in [5.74, 6) is -4.89. The van der Waals surface area contributed by atoms with Crippen LogP contribution in [-0.2, 0) is 10.7 Å². The van der Waals surface area contributed by atoms with E-state index in [0.717, 1.165) is 19.0 Å². The molecule has 0 fully saturated rings. The van der Waals surface area contributed by atoms with Crippen molar-refractivity contribution in [2.24, 2.45) is 0 Å². The first-order chi connectivity index (χ1) is 8.98. The Hall–Kier alpha value is -1.20. The normalized spacial score (nSPS) is 11.4. The summed E-state index contributed by atoms with van der Waals surface area (Å²) in [6, 6.07) is 5.15. The second-order valence-electron chi connectivity index (χ2n) is 4.09. The van der Waals surface area contributed by atoms with Gasteiger partial charge in [-0.05, 0) is 25.1 Å². The van der Waals surface area contributed by atoms with Crippen LogP contribution in [0, 0.1) is 0 Å². The van der Waals surface area contributed by atoms with E-state index >= 15 is 0 Å². The quantitative estimate of drug-likeness (QED) is 0.758. The number of alkyl halides is 2. The molecule has 0 radical (unpaired) electrons. The van der Waals surface area contributed by atoms with Crippen molar-refractivity contribution in [3.05, 3.63) is 34.9 Å². The molecule has 2 N–H and O–H groups in total. The van der Waals surface area contributed by atoms with E-state index < -0.39 is 17.4 Å². The standard InChI is InChI=1S/C13H17ClF2N2O/c1-2-6-17-7-8-18-12(19)13(15,16)10-4-3-5-11(14)9-10/h3-5,9,17H,2,6-8H2,1H3,(H,18,19). The number of carbonyl (C=O) groups excluding carboxylic acids is 1. The van der Waals surface area contributed by atoms with E-state index in [2.05, 4.69) is 10.6 Å². The number of carbonyl (C=O) groups is 1. The molecule has 0 spiro atoms. The topological polar surface area (TPSA) is 41.1 Å². The fourth-order valence-corrected chi connectivity index (χ4v) is 1.68. The summed E-state index contributed by atoms with van der Waals surface area (Å²) in [6.07, 6.45) is 0.951. The molecule has 6 heteroatoms. The highest BCUT2D eigenvalue weighted by atomic mass is 35.5. The lowest BCUT2D eigenvalue weighted by Crippen LogP contribution is -2.41. The minimum absolute atomic E-state index is 0.162. The third-order valence-corrected chi connectivity index (χ3v) is 2.72. The third-order valence-electron chi connectivity index (χ3n) is 2.49. The van der Waals surface area contributed by atoms with Gasteiger partial charge in [-0.3, -0.25) is 4.79 Å². The highest BCUT2D eigenvalue weighted by molar-refractivity contribution is 6.30. The molecule has 0 saturated heterocycles. The average Bonchev–Trinajstić information content (AvgIpc) is 2.38. The predicted molar refractivity (Wildman–Crippen MR) is 71.5 cm³/mol. The van der Waals surface area contributed by atoms with E-state index in [1.165, 1.54) is 18.2 Å². The van der Waals surface area contributed by atoms with Crippen molar-refractivity contribution in [2.75, 3.05) is 19.6 Å². The van der Waals surface area contributed by atoms with Gasteiger partial charge in [0.25, 0.3) is 5.91 Å². The van der Waals surface area contributed by atoms with E-state index in [0.29, 0.717) is 6.54 Å². The van der Waals surface area contributed by atoms with Gasteiger partial charge in [-0.15, -0.1) is 0 Å². The summed E-state index contributed by atoms with van der Waals surface area (Å²) in [6.45, 7) is 3.42. The van der Waals surface area contributed by atoms with Crippen molar-refractivity contribution in [2.45, 2.75) is 19.3 Å². The second kappa shape index (κ2) is 7.40. The number of nitrogens with one attached hydrogen (secondary N) is 2. The maximum atomic E-state index is 13.8. The van der Waals surface area contributed by atoms with Gasteiger partial charge in [0.05, 0.1) is 0 Å². The summed E-state index contributed by atoms with van der Waals surface area (Å²) in [5.41, 5.74) is -0.404. The molecule has 0 aromatic heterocycles. The first kappa shape index (κ1) is 15.9.